The minimum atomic E-state index is -2.03. The van der Waals surface area contributed by atoms with Crippen LogP contribution in [-0.4, -0.2) is 138 Å². The minimum Gasteiger partial charge on any atom is -0.504 e. The van der Waals surface area contributed by atoms with Gasteiger partial charge in [-0.25, -0.2) is 0 Å². The molecular formula is C28H32O18. The molecule has 2 aliphatic rings. The molecule has 3 aromatic rings. The van der Waals surface area contributed by atoms with Gasteiger partial charge in [-0.15, -0.1) is 0 Å². The van der Waals surface area contributed by atoms with Crippen LogP contribution >= 0.6 is 0 Å². The van der Waals surface area contributed by atoms with E-state index in [4.69, 9.17) is 28.1 Å². The van der Waals surface area contributed by atoms with Crippen molar-refractivity contribution in [3.63, 3.8) is 0 Å². The van der Waals surface area contributed by atoms with E-state index in [2.05, 4.69) is 0 Å². The number of ether oxygens (including phenoxy) is 5. The zero-order chi connectivity index (χ0) is 33.6. The fourth-order valence-corrected chi connectivity index (χ4v) is 5.11. The molecule has 1 aromatic heterocycles. The lowest BCUT2D eigenvalue weighted by Gasteiger charge is -2.42. The Balaban J connectivity index is 1.50. The quantitative estimate of drug-likeness (QED) is 0.110. The summed E-state index contributed by atoms with van der Waals surface area (Å²) in [6, 6.07) is 4.22. The molecular weight excluding hydrogens is 624 g/mol. The molecule has 18 nitrogen and oxygen atoms in total. The Hall–Kier alpha value is -3.95. The Morgan fingerprint density at radius 2 is 1.37 bits per heavy atom. The lowest BCUT2D eigenvalue weighted by molar-refractivity contribution is -0.323. The topological polar surface area (TPSA) is 299 Å². The van der Waals surface area contributed by atoms with Crippen molar-refractivity contribution in [3.8, 4) is 45.8 Å². The van der Waals surface area contributed by atoms with Crippen molar-refractivity contribution in [3.05, 3.63) is 34.5 Å². The Bertz CT molecular complexity index is 1620. The molecule has 252 valence electrons. The maximum Gasteiger partial charge on any atom is 0.239 e. The summed E-state index contributed by atoms with van der Waals surface area (Å²) in [5.41, 5.74) is -1.56. The van der Waals surface area contributed by atoms with Crippen molar-refractivity contribution < 1.29 is 84.3 Å². The van der Waals surface area contributed by atoms with E-state index in [1.807, 2.05) is 0 Å². The summed E-state index contributed by atoms with van der Waals surface area (Å²) in [6.45, 7) is -1.44. The van der Waals surface area contributed by atoms with Gasteiger partial charge in [0.25, 0.3) is 0 Å². The highest BCUT2D eigenvalue weighted by Gasteiger charge is 2.48. The van der Waals surface area contributed by atoms with Crippen LogP contribution in [0.15, 0.2) is 33.5 Å². The van der Waals surface area contributed by atoms with Crippen LogP contribution in [0.1, 0.15) is 0 Å². The van der Waals surface area contributed by atoms with Crippen LogP contribution < -0.4 is 14.9 Å². The zero-order valence-corrected chi connectivity index (χ0v) is 23.8. The molecule has 2 fully saturated rings. The van der Waals surface area contributed by atoms with Crippen molar-refractivity contribution in [1.82, 2.24) is 0 Å². The third-order valence-corrected chi connectivity index (χ3v) is 7.67. The van der Waals surface area contributed by atoms with Crippen molar-refractivity contribution in [2.45, 2.75) is 61.4 Å². The van der Waals surface area contributed by atoms with E-state index < -0.39 is 126 Å². The summed E-state index contributed by atoms with van der Waals surface area (Å²) in [7, 11) is 1.11. The monoisotopic (exact) mass is 656 g/mol. The van der Waals surface area contributed by atoms with Gasteiger partial charge in [0.05, 0.1) is 20.3 Å². The van der Waals surface area contributed by atoms with Crippen LogP contribution in [0.4, 0.5) is 0 Å². The Labute approximate surface area is 257 Å². The molecule has 11 N–H and O–H groups in total. The van der Waals surface area contributed by atoms with Gasteiger partial charge in [0.2, 0.25) is 23.2 Å². The molecule has 5 rings (SSSR count). The van der Waals surface area contributed by atoms with Gasteiger partial charge in [-0.2, -0.15) is 0 Å². The summed E-state index contributed by atoms with van der Waals surface area (Å²) in [5.74, 6) is -4.32. The summed E-state index contributed by atoms with van der Waals surface area (Å²) in [6.07, 6.45) is -17.6. The number of benzene rings is 2. The van der Waals surface area contributed by atoms with Gasteiger partial charge in [-0.3, -0.25) is 4.79 Å². The molecule has 18 heteroatoms. The van der Waals surface area contributed by atoms with Gasteiger partial charge < -0.3 is 84.3 Å². The molecule has 2 aromatic carbocycles. The number of phenolic OH excluding ortho intramolecular Hbond substituents is 4. The highest BCUT2D eigenvalue weighted by Crippen LogP contribution is 2.44. The number of phenols is 4. The van der Waals surface area contributed by atoms with Crippen LogP contribution in [0.25, 0.3) is 22.3 Å². The number of aliphatic hydroxyl groups excluding tert-OH is 7. The molecule has 0 radical (unpaired) electrons. The number of methoxy groups -OCH3 is 1. The standard InChI is InChI=1S/C28H32O18/c1-41-25-11(32)5-12-15(18(25)35)19(36)26(24(43-12)8-2-3-9(30)10(31)4-8)46-28-23(40)21(38)17(34)14(45-28)7-42-27-22(39)20(37)16(33)13(6-29)44-27/h2-5,13-14,16-17,20-23,27-35,37-40H,6-7H2,1H3/t13-,14-,16-,17-,20+,21-,22-,23-,27-,28+/m1/s1. The first kappa shape index (κ1) is 33.4. The van der Waals surface area contributed by atoms with Gasteiger partial charge in [-0.1, -0.05) is 0 Å². The smallest absolute Gasteiger partial charge is 0.239 e. The lowest BCUT2D eigenvalue weighted by Crippen LogP contribution is -2.62. The van der Waals surface area contributed by atoms with E-state index >= 15 is 0 Å². The van der Waals surface area contributed by atoms with Gasteiger partial charge >= 0.3 is 0 Å². The van der Waals surface area contributed by atoms with E-state index in [-0.39, 0.29) is 11.1 Å². The molecule has 3 heterocycles. The first-order chi connectivity index (χ1) is 21.8. The number of rotatable bonds is 8. The predicted molar refractivity (Wildman–Crippen MR) is 148 cm³/mol. The molecule has 2 aliphatic heterocycles. The molecule has 0 amide bonds. The van der Waals surface area contributed by atoms with E-state index in [9.17, 15) is 61.0 Å². The van der Waals surface area contributed by atoms with Gasteiger partial charge in [-0.05, 0) is 18.2 Å². The predicted octanol–water partition coefficient (Wildman–Crippen LogP) is -2.71. The largest absolute Gasteiger partial charge is 0.504 e. The van der Waals surface area contributed by atoms with Gasteiger partial charge in [0.15, 0.2) is 35.0 Å². The lowest BCUT2D eigenvalue weighted by atomic mass is 9.98. The molecule has 0 unspecified atom stereocenters. The SMILES string of the molecule is COc1c(O)cc2oc(-c3ccc(O)c(O)c3)c(O[C@@H]3O[C@H](CO[C@@H]4O[C@H](CO)[C@@H](O)[C@H](O)[C@H]4O)[C@@H](O)[C@@H](O)[C@H]3O)c(=O)c2c1O. The maximum atomic E-state index is 13.8. The minimum absolute atomic E-state index is 0.0764. The average molecular weight is 657 g/mol. The molecule has 0 bridgehead atoms. The Morgan fingerprint density at radius 3 is 2.00 bits per heavy atom. The molecule has 2 saturated heterocycles. The van der Waals surface area contributed by atoms with Crippen LogP contribution in [0.5, 0.6) is 34.5 Å². The summed E-state index contributed by atoms with van der Waals surface area (Å²) < 4.78 is 32.7. The number of hydrogen-bond acceptors (Lipinski definition) is 18. The van der Waals surface area contributed by atoms with Crippen LogP contribution in [0, 0.1) is 0 Å². The second-order valence-electron chi connectivity index (χ2n) is 10.6. The summed E-state index contributed by atoms with van der Waals surface area (Å²) >= 11 is 0. The molecule has 10 atom stereocenters. The Morgan fingerprint density at radius 1 is 0.739 bits per heavy atom. The number of aliphatic hydroxyl groups is 7. The number of aromatic hydroxyl groups is 4. The summed E-state index contributed by atoms with van der Waals surface area (Å²) in [4.78, 5) is 13.8. The number of fused-ring (bicyclic) bond motifs is 1. The van der Waals surface area contributed by atoms with Crippen molar-refractivity contribution in [1.29, 1.82) is 0 Å². The van der Waals surface area contributed by atoms with E-state index in [1.54, 1.807) is 0 Å². The maximum absolute atomic E-state index is 13.8. The first-order valence-corrected chi connectivity index (χ1v) is 13.7. The highest BCUT2D eigenvalue weighted by atomic mass is 16.7. The number of hydrogen-bond donors (Lipinski definition) is 11. The first-order valence-electron chi connectivity index (χ1n) is 13.7. The fraction of sp³-hybridized carbons (Fsp3) is 0.464. The normalized spacial score (nSPS) is 31.6. The third-order valence-electron chi connectivity index (χ3n) is 7.67. The van der Waals surface area contributed by atoms with E-state index in [0.29, 0.717) is 0 Å². The molecule has 0 spiro atoms. The second-order valence-corrected chi connectivity index (χ2v) is 10.6. The molecule has 0 saturated carbocycles. The Kier molecular flexibility index (Phi) is 9.47. The van der Waals surface area contributed by atoms with Crippen molar-refractivity contribution in [2.24, 2.45) is 0 Å². The second kappa shape index (κ2) is 13.0. The molecule has 0 aliphatic carbocycles. The summed E-state index contributed by atoms with van der Waals surface area (Å²) in [5, 5.41) is 112. The van der Waals surface area contributed by atoms with Crippen LogP contribution in [-0.2, 0) is 14.2 Å². The molecule has 46 heavy (non-hydrogen) atoms. The highest BCUT2D eigenvalue weighted by molar-refractivity contribution is 5.91. The van der Waals surface area contributed by atoms with E-state index in [1.165, 1.54) is 6.07 Å². The van der Waals surface area contributed by atoms with Crippen LogP contribution in [0.3, 0.4) is 0 Å². The van der Waals surface area contributed by atoms with Crippen molar-refractivity contribution >= 4 is 11.0 Å². The fourth-order valence-electron chi connectivity index (χ4n) is 5.11. The average Bonchev–Trinajstić information content (AvgIpc) is 3.02. The zero-order valence-electron chi connectivity index (χ0n) is 23.8. The van der Waals surface area contributed by atoms with Crippen LogP contribution in [0.2, 0.25) is 0 Å². The van der Waals surface area contributed by atoms with E-state index in [0.717, 1.165) is 25.3 Å². The van der Waals surface area contributed by atoms with Crippen molar-refractivity contribution in [2.75, 3.05) is 20.3 Å². The van der Waals surface area contributed by atoms with Gasteiger partial charge in [0, 0.05) is 11.6 Å². The third kappa shape index (κ3) is 5.86. The van der Waals surface area contributed by atoms with Gasteiger partial charge in [0.1, 0.15) is 59.8 Å².